The molecule has 1 atom stereocenters. The molecule has 0 aliphatic carbocycles. The molecule has 3 saturated heterocycles. The van der Waals surface area contributed by atoms with E-state index in [4.69, 9.17) is 0 Å². The number of carbonyl (C=O) groups is 2. The molecule has 5 heterocycles. The molecule has 3 aliphatic rings. The Balaban J connectivity index is 0.929. The van der Waals surface area contributed by atoms with Gasteiger partial charge in [0.15, 0.2) is 0 Å². The number of hydrogen-bond acceptors (Lipinski definition) is 11. The molecule has 2 aromatic heterocycles. The zero-order chi connectivity index (χ0) is 41.4. The summed E-state index contributed by atoms with van der Waals surface area (Å²) < 4.78 is 70.6. The molecule has 19 heteroatoms. The molecule has 15 nitrogen and oxygen atoms in total. The zero-order valence-electron chi connectivity index (χ0n) is 32.2. The molecule has 0 spiro atoms. The number of carbonyl (C=O) groups excluding carboxylic acids is 2. The number of nitriles is 1. The molecule has 7 rings (SSSR count). The molecule has 1 unspecified atom stereocenters. The van der Waals surface area contributed by atoms with Gasteiger partial charge in [0.1, 0.15) is 12.1 Å². The van der Waals surface area contributed by atoms with Crippen LogP contribution in [0.15, 0.2) is 58.5 Å². The van der Waals surface area contributed by atoms with Crippen LogP contribution >= 0.6 is 0 Å². The predicted molar refractivity (Wildman–Crippen MR) is 208 cm³/mol. The van der Waals surface area contributed by atoms with Crippen molar-refractivity contribution >= 4 is 44.5 Å². The van der Waals surface area contributed by atoms with Gasteiger partial charge in [0, 0.05) is 58.6 Å². The minimum Gasteiger partial charge on any atom is -0.373 e. The number of para-hydroxylation sites is 1. The summed E-state index contributed by atoms with van der Waals surface area (Å²) >= 11 is 0. The van der Waals surface area contributed by atoms with Gasteiger partial charge in [-0.25, -0.2) is 23.2 Å². The first-order chi connectivity index (χ1) is 27.6. The molecular weight excluding hydrogens is 778 g/mol. The van der Waals surface area contributed by atoms with E-state index in [0.717, 1.165) is 50.0 Å². The molecule has 3 aliphatic heterocycles. The number of halogens is 3. The molecule has 58 heavy (non-hydrogen) atoms. The Morgan fingerprint density at radius 3 is 2.36 bits per heavy atom. The van der Waals surface area contributed by atoms with E-state index in [1.54, 1.807) is 17.7 Å². The van der Waals surface area contributed by atoms with Crippen LogP contribution in [-0.4, -0.2) is 101 Å². The standard InChI is InChI=1S/C39H45F3N10O5S/c1-48(33-21-29(8-7-26(33)22-43)58(56,57)51-19-13-28(14-20-51)46-37-44-23-27(24-45-37)39(40,41)42)15-4-16-50-17-11-25(12-18-50)30-5-3-6-31-35(30)49(2)38(55)52(31)32-9-10-34(53)47-36(32)54/h3,5-8,21,23-25,28,32H,4,9-20H2,1-2H3,(H,44,45,46)(H,47,53,54). The third kappa shape index (κ3) is 8.31. The van der Waals surface area contributed by atoms with Gasteiger partial charge < -0.3 is 15.1 Å². The van der Waals surface area contributed by atoms with E-state index < -0.39 is 33.7 Å². The van der Waals surface area contributed by atoms with Crippen LogP contribution in [0.4, 0.5) is 24.8 Å². The summed E-state index contributed by atoms with van der Waals surface area (Å²) in [6.45, 7) is 3.43. The van der Waals surface area contributed by atoms with E-state index in [1.165, 1.54) is 21.0 Å². The highest BCUT2D eigenvalue weighted by Crippen LogP contribution is 2.35. The maximum atomic E-state index is 13.7. The van der Waals surface area contributed by atoms with E-state index in [2.05, 4.69) is 37.6 Å². The number of rotatable bonds is 11. The number of aromatic nitrogens is 4. The number of amides is 2. The van der Waals surface area contributed by atoms with Gasteiger partial charge in [-0.2, -0.15) is 22.7 Å². The van der Waals surface area contributed by atoms with E-state index in [9.17, 15) is 41.2 Å². The largest absolute Gasteiger partial charge is 0.419 e. The van der Waals surface area contributed by atoms with Crippen LogP contribution in [0.25, 0.3) is 11.0 Å². The monoisotopic (exact) mass is 822 g/mol. The molecule has 0 radical (unpaired) electrons. The van der Waals surface area contributed by atoms with Gasteiger partial charge in [-0.1, -0.05) is 12.1 Å². The average Bonchev–Trinajstić information content (AvgIpc) is 3.46. The second-order valence-corrected chi connectivity index (χ2v) is 17.1. The second kappa shape index (κ2) is 16.5. The molecule has 2 amide bonds. The number of likely N-dealkylation sites (tertiary alicyclic amines) is 1. The van der Waals surface area contributed by atoms with Crippen molar-refractivity contribution in [2.24, 2.45) is 7.05 Å². The van der Waals surface area contributed by atoms with Crippen molar-refractivity contribution in [2.75, 3.05) is 56.5 Å². The molecule has 4 aromatic rings. The Morgan fingerprint density at radius 2 is 1.71 bits per heavy atom. The smallest absolute Gasteiger partial charge is 0.373 e. The summed E-state index contributed by atoms with van der Waals surface area (Å²) in [5.74, 6) is -0.536. The summed E-state index contributed by atoms with van der Waals surface area (Å²) in [6.07, 6.45) is 0.654. The Bertz CT molecular complexity index is 2400. The van der Waals surface area contributed by atoms with Crippen LogP contribution < -0.4 is 21.2 Å². The number of sulfonamides is 1. The topological polar surface area (TPSA) is 179 Å². The maximum absolute atomic E-state index is 13.7. The van der Waals surface area contributed by atoms with E-state index in [0.29, 0.717) is 48.5 Å². The van der Waals surface area contributed by atoms with Crippen LogP contribution in [-0.2, 0) is 32.8 Å². The minimum atomic E-state index is -4.54. The third-order valence-corrected chi connectivity index (χ3v) is 13.5. The third-order valence-electron chi connectivity index (χ3n) is 11.6. The van der Waals surface area contributed by atoms with Gasteiger partial charge in [-0.15, -0.1) is 0 Å². The number of benzene rings is 2. The number of hydrogen-bond donors (Lipinski definition) is 2. The molecule has 0 bridgehead atoms. The zero-order valence-corrected chi connectivity index (χ0v) is 33.0. The normalized spacial score (nSPS) is 19.3. The van der Waals surface area contributed by atoms with E-state index in [-0.39, 0.29) is 60.3 Å². The van der Waals surface area contributed by atoms with Crippen molar-refractivity contribution < 1.29 is 31.2 Å². The maximum Gasteiger partial charge on any atom is 0.419 e. The van der Waals surface area contributed by atoms with E-state index in [1.807, 2.05) is 24.1 Å². The molecule has 2 N–H and O–H groups in total. The summed E-state index contributed by atoms with van der Waals surface area (Å²) in [6, 6.07) is 11.6. The average molecular weight is 823 g/mol. The Kier molecular flexibility index (Phi) is 11.6. The molecular formula is C39H45F3N10O5S. The number of imidazole rings is 1. The lowest BCUT2D eigenvalue weighted by Gasteiger charge is -2.33. The molecule has 0 saturated carbocycles. The first-order valence-electron chi connectivity index (χ1n) is 19.3. The summed E-state index contributed by atoms with van der Waals surface area (Å²) in [4.78, 5) is 49.7. The highest BCUT2D eigenvalue weighted by molar-refractivity contribution is 7.89. The van der Waals surface area contributed by atoms with Gasteiger partial charge >= 0.3 is 11.9 Å². The highest BCUT2D eigenvalue weighted by Gasteiger charge is 2.34. The van der Waals surface area contributed by atoms with E-state index >= 15 is 0 Å². The van der Waals surface area contributed by atoms with Gasteiger partial charge in [-0.3, -0.25) is 24.0 Å². The number of anilines is 2. The number of aryl methyl sites for hydroxylation is 1. The van der Waals surface area contributed by atoms with Crippen LogP contribution in [0, 0.1) is 11.3 Å². The van der Waals surface area contributed by atoms with Crippen molar-refractivity contribution in [3.8, 4) is 6.07 Å². The molecule has 3 fully saturated rings. The van der Waals surface area contributed by atoms with Crippen LogP contribution in [0.1, 0.15) is 73.6 Å². The Hall–Kier alpha value is -5.32. The summed E-state index contributed by atoms with van der Waals surface area (Å²) in [5, 5.41) is 15.2. The molecule has 308 valence electrons. The van der Waals surface area contributed by atoms with Crippen molar-refractivity contribution in [2.45, 2.75) is 74.0 Å². The SMILES string of the molecule is CN(CCCN1CCC(c2cccc3c2n(C)c(=O)n3C2CCC(=O)NC2=O)CC1)c1cc(S(=O)(=O)N2CCC(Nc3ncc(C(F)(F)F)cn3)CC2)ccc1C#N. The number of piperidine rings is 3. The van der Waals surface area contributed by atoms with Gasteiger partial charge in [0.25, 0.3) is 0 Å². The fraction of sp³-hybridized carbons (Fsp3) is 0.487. The lowest BCUT2D eigenvalue weighted by atomic mass is 9.88. The number of nitrogens with one attached hydrogen (secondary N) is 2. The van der Waals surface area contributed by atoms with Crippen LogP contribution in [0.2, 0.25) is 0 Å². The second-order valence-electron chi connectivity index (χ2n) is 15.2. The van der Waals surface area contributed by atoms with Gasteiger partial charge in [0.05, 0.1) is 32.7 Å². The fourth-order valence-corrected chi connectivity index (χ4v) is 9.84. The number of alkyl halides is 3. The lowest BCUT2D eigenvalue weighted by Crippen LogP contribution is -2.44. The summed E-state index contributed by atoms with van der Waals surface area (Å²) in [7, 11) is -0.340. The van der Waals surface area contributed by atoms with Crippen molar-refractivity contribution in [1.82, 2.24) is 33.6 Å². The Morgan fingerprint density at radius 1 is 1.00 bits per heavy atom. The van der Waals surface area contributed by atoms with Gasteiger partial charge in [-0.05, 0) is 93.9 Å². The molecule has 2 aromatic carbocycles. The first-order valence-corrected chi connectivity index (χ1v) is 20.8. The highest BCUT2D eigenvalue weighted by atomic mass is 32.2. The summed E-state index contributed by atoms with van der Waals surface area (Å²) in [5.41, 5.74) is 2.20. The minimum absolute atomic E-state index is 0.0435. The van der Waals surface area contributed by atoms with Crippen molar-refractivity contribution in [1.29, 1.82) is 5.26 Å². The van der Waals surface area contributed by atoms with Crippen molar-refractivity contribution in [3.63, 3.8) is 0 Å². The number of nitrogens with zero attached hydrogens (tertiary/aromatic N) is 8. The van der Waals surface area contributed by atoms with Crippen LogP contribution in [0.5, 0.6) is 0 Å². The fourth-order valence-electron chi connectivity index (χ4n) is 8.35. The van der Waals surface area contributed by atoms with Crippen molar-refractivity contribution in [3.05, 3.63) is 76.0 Å². The number of fused-ring (bicyclic) bond motifs is 1. The van der Waals surface area contributed by atoms with Crippen LogP contribution in [0.3, 0.4) is 0 Å². The quantitative estimate of drug-likeness (QED) is 0.209. The number of imide groups is 1. The predicted octanol–water partition coefficient (Wildman–Crippen LogP) is 3.97. The van der Waals surface area contributed by atoms with Gasteiger partial charge in [0.2, 0.25) is 27.8 Å². The Labute approximate surface area is 333 Å². The lowest BCUT2D eigenvalue weighted by molar-refractivity contribution is -0.138. The first kappa shape index (κ1) is 40.9.